The molecule has 162 valence electrons. The zero-order chi connectivity index (χ0) is 21.2. The number of nitrogens with zero attached hydrogens (tertiary/aromatic N) is 4. The topological polar surface area (TPSA) is 61.1 Å². The third kappa shape index (κ3) is 4.18. The van der Waals surface area contributed by atoms with E-state index in [2.05, 4.69) is 45.2 Å². The zero-order valence-electron chi connectivity index (χ0n) is 18.2. The molecule has 0 saturated heterocycles. The number of rotatable bonds is 7. The van der Waals surface area contributed by atoms with Gasteiger partial charge in [-0.2, -0.15) is 0 Å². The molecule has 0 bridgehead atoms. The fourth-order valence-corrected chi connectivity index (χ4v) is 5.76. The number of thiazole rings is 1. The van der Waals surface area contributed by atoms with Crippen LogP contribution in [-0.4, -0.2) is 23.2 Å². The summed E-state index contributed by atoms with van der Waals surface area (Å²) in [5.74, 6) is 0.296. The summed E-state index contributed by atoms with van der Waals surface area (Å²) in [6.45, 7) is 4.42. The van der Waals surface area contributed by atoms with Crippen molar-refractivity contribution in [2.75, 3.05) is 18.0 Å². The van der Waals surface area contributed by atoms with Gasteiger partial charge in [-0.25, -0.2) is 4.98 Å². The molecular formula is C25H30N4OS. The summed E-state index contributed by atoms with van der Waals surface area (Å²) in [4.78, 5) is 7.05. The van der Waals surface area contributed by atoms with E-state index in [-0.39, 0.29) is 0 Å². The van der Waals surface area contributed by atoms with E-state index in [4.69, 9.17) is 0 Å². The number of phenols is 1. The highest BCUT2D eigenvalue weighted by atomic mass is 32.1. The number of aryl methyl sites for hydroxylation is 2. The minimum absolute atomic E-state index is 0.296. The number of azo groups is 1. The molecule has 0 spiro atoms. The molecule has 2 aliphatic rings. The minimum Gasteiger partial charge on any atom is -0.505 e. The fraction of sp³-hybridized carbons (Fsp3) is 0.480. The predicted octanol–water partition coefficient (Wildman–Crippen LogP) is 7.24. The van der Waals surface area contributed by atoms with Crippen LogP contribution in [0.3, 0.4) is 0 Å². The van der Waals surface area contributed by atoms with E-state index >= 15 is 0 Å². The highest BCUT2D eigenvalue weighted by molar-refractivity contribution is 7.21. The van der Waals surface area contributed by atoms with Gasteiger partial charge in [-0.3, -0.25) is 0 Å². The van der Waals surface area contributed by atoms with Gasteiger partial charge < -0.3 is 10.0 Å². The second-order valence-corrected chi connectivity index (χ2v) is 9.74. The SMILES string of the molecule is CCCCCCc1ccc2nc(N=Nc3cc4c5c(c3O)CCCN5CCC4)sc2c1. The lowest BCUT2D eigenvalue weighted by Gasteiger charge is -2.37. The molecular weight excluding hydrogens is 404 g/mol. The van der Waals surface area contributed by atoms with Crippen molar-refractivity contribution in [3.05, 3.63) is 41.0 Å². The van der Waals surface area contributed by atoms with Gasteiger partial charge in [0.05, 0.1) is 10.2 Å². The van der Waals surface area contributed by atoms with Crippen LogP contribution < -0.4 is 4.90 Å². The first-order valence-electron chi connectivity index (χ1n) is 11.7. The highest BCUT2D eigenvalue weighted by Crippen LogP contribution is 2.45. The molecule has 1 aromatic heterocycles. The quantitative estimate of drug-likeness (QED) is 0.315. The van der Waals surface area contributed by atoms with Crippen LogP contribution in [0.4, 0.5) is 16.5 Å². The maximum absolute atomic E-state index is 10.9. The van der Waals surface area contributed by atoms with Crippen LogP contribution in [0, 0.1) is 0 Å². The van der Waals surface area contributed by atoms with Gasteiger partial charge in [0.25, 0.3) is 0 Å². The number of benzene rings is 2. The maximum Gasteiger partial charge on any atom is 0.231 e. The van der Waals surface area contributed by atoms with E-state index in [1.807, 2.05) is 6.07 Å². The second kappa shape index (κ2) is 8.95. The molecule has 3 heterocycles. The Labute approximate surface area is 187 Å². The van der Waals surface area contributed by atoms with Gasteiger partial charge in [0, 0.05) is 24.3 Å². The lowest BCUT2D eigenvalue weighted by Crippen LogP contribution is -2.34. The van der Waals surface area contributed by atoms with E-state index in [1.54, 1.807) is 11.3 Å². The van der Waals surface area contributed by atoms with Crippen molar-refractivity contribution in [2.45, 2.75) is 64.7 Å². The van der Waals surface area contributed by atoms with Crippen LogP contribution in [0.1, 0.15) is 62.1 Å². The predicted molar refractivity (Wildman–Crippen MR) is 129 cm³/mol. The first-order chi connectivity index (χ1) is 15.2. The Balaban J connectivity index is 1.38. The number of aromatic hydroxyl groups is 1. The maximum atomic E-state index is 10.9. The number of aromatic nitrogens is 1. The van der Waals surface area contributed by atoms with Gasteiger partial charge in [-0.1, -0.05) is 43.6 Å². The smallest absolute Gasteiger partial charge is 0.231 e. The molecule has 0 saturated carbocycles. The largest absolute Gasteiger partial charge is 0.505 e. The molecule has 6 heteroatoms. The highest BCUT2D eigenvalue weighted by Gasteiger charge is 2.27. The summed E-state index contributed by atoms with van der Waals surface area (Å²) < 4.78 is 1.15. The van der Waals surface area contributed by atoms with Crippen molar-refractivity contribution in [1.82, 2.24) is 4.98 Å². The van der Waals surface area contributed by atoms with Crippen LogP contribution >= 0.6 is 11.3 Å². The van der Waals surface area contributed by atoms with Gasteiger partial charge >= 0.3 is 0 Å². The summed E-state index contributed by atoms with van der Waals surface area (Å²) in [7, 11) is 0. The van der Waals surface area contributed by atoms with E-state index in [1.165, 1.54) is 42.5 Å². The van der Waals surface area contributed by atoms with E-state index in [0.717, 1.165) is 61.0 Å². The molecule has 0 aliphatic carbocycles. The lowest BCUT2D eigenvalue weighted by atomic mass is 9.90. The Morgan fingerprint density at radius 2 is 1.94 bits per heavy atom. The summed E-state index contributed by atoms with van der Waals surface area (Å²) in [6.07, 6.45) is 10.4. The Morgan fingerprint density at radius 3 is 2.81 bits per heavy atom. The second-order valence-electron chi connectivity index (χ2n) is 8.73. The van der Waals surface area contributed by atoms with E-state index < -0.39 is 0 Å². The Hall–Kier alpha value is -2.47. The molecule has 0 fully saturated rings. The van der Waals surface area contributed by atoms with Crippen molar-refractivity contribution in [2.24, 2.45) is 10.2 Å². The first-order valence-corrected chi connectivity index (χ1v) is 12.5. The van der Waals surface area contributed by atoms with Gasteiger partial charge in [0.2, 0.25) is 5.13 Å². The number of hydrogen-bond donors (Lipinski definition) is 1. The third-order valence-electron chi connectivity index (χ3n) is 6.48. The standard InChI is InChI=1S/C25H30N4OS/c1-2-3-4-5-8-17-11-12-20-22(15-17)31-25(26-20)28-27-21-16-18-9-6-13-29-14-7-10-19(23(18)29)24(21)30/h11-12,15-16,30H,2-10,13-14H2,1H3. The number of phenolic OH excluding ortho intramolecular Hbond substituents is 1. The summed E-state index contributed by atoms with van der Waals surface area (Å²) in [6, 6.07) is 8.54. The Bertz CT molecular complexity index is 1120. The van der Waals surface area contributed by atoms with Crippen molar-refractivity contribution < 1.29 is 5.11 Å². The molecule has 0 atom stereocenters. The molecule has 31 heavy (non-hydrogen) atoms. The number of hydrogen-bond acceptors (Lipinski definition) is 6. The molecule has 3 aromatic rings. The first kappa shape index (κ1) is 20.4. The van der Waals surface area contributed by atoms with E-state index in [9.17, 15) is 5.11 Å². The minimum atomic E-state index is 0.296. The summed E-state index contributed by atoms with van der Waals surface area (Å²) in [5, 5.41) is 20.4. The van der Waals surface area contributed by atoms with Gasteiger partial charge in [0.1, 0.15) is 11.4 Å². The van der Waals surface area contributed by atoms with Crippen LogP contribution in [0.2, 0.25) is 0 Å². The van der Waals surface area contributed by atoms with Crippen molar-refractivity contribution in [3.8, 4) is 5.75 Å². The molecule has 5 rings (SSSR count). The Morgan fingerprint density at radius 1 is 1.06 bits per heavy atom. The average Bonchev–Trinajstić information content (AvgIpc) is 3.20. The molecule has 0 radical (unpaired) electrons. The molecule has 2 aromatic carbocycles. The van der Waals surface area contributed by atoms with Crippen molar-refractivity contribution >= 4 is 38.1 Å². The lowest BCUT2D eigenvalue weighted by molar-refractivity contribution is 0.463. The van der Waals surface area contributed by atoms with Crippen molar-refractivity contribution in [1.29, 1.82) is 0 Å². The van der Waals surface area contributed by atoms with Crippen LogP contribution in [0.25, 0.3) is 10.2 Å². The molecule has 1 N–H and O–H groups in total. The summed E-state index contributed by atoms with van der Waals surface area (Å²) >= 11 is 1.57. The zero-order valence-corrected chi connectivity index (χ0v) is 19.0. The number of fused-ring (bicyclic) bond motifs is 1. The van der Waals surface area contributed by atoms with Gasteiger partial charge in [-0.15, -0.1) is 10.2 Å². The van der Waals surface area contributed by atoms with E-state index in [0.29, 0.717) is 16.6 Å². The normalized spacial score (nSPS) is 15.7. The van der Waals surface area contributed by atoms with Crippen LogP contribution in [0.5, 0.6) is 5.75 Å². The van der Waals surface area contributed by atoms with Crippen LogP contribution in [-0.2, 0) is 19.3 Å². The third-order valence-corrected chi connectivity index (χ3v) is 7.38. The Kier molecular flexibility index (Phi) is 5.90. The number of anilines is 1. The molecule has 0 unspecified atom stereocenters. The fourth-order valence-electron chi connectivity index (χ4n) is 4.91. The van der Waals surface area contributed by atoms with Gasteiger partial charge in [0.15, 0.2) is 0 Å². The van der Waals surface area contributed by atoms with Crippen molar-refractivity contribution in [3.63, 3.8) is 0 Å². The number of unbranched alkanes of at least 4 members (excludes halogenated alkanes) is 3. The van der Waals surface area contributed by atoms with Crippen LogP contribution in [0.15, 0.2) is 34.5 Å². The monoisotopic (exact) mass is 434 g/mol. The summed E-state index contributed by atoms with van der Waals surface area (Å²) in [5.41, 5.74) is 6.51. The molecule has 2 aliphatic heterocycles. The average molecular weight is 435 g/mol. The molecule has 5 nitrogen and oxygen atoms in total. The molecule has 0 amide bonds. The van der Waals surface area contributed by atoms with Gasteiger partial charge in [-0.05, 0) is 67.9 Å².